The van der Waals surface area contributed by atoms with Crippen molar-refractivity contribution in [2.24, 2.45) is 0 Å². The monoisotopic (exact) mass is 414 g/mol. The Hall–Kier alpha value is -2.28. The number of aliphatic hydroxyl groups is 1. The number of aromatic hydroxyl groups is 1. The molecule has 1 fully saturated rings. The van der Waals surface area contributed by atoms with Gasteiger partial charge in [-0.2, -0.15) is 0 Å². The molecule has 1 aliphatic heterocycles. The van der Waals surface area contributed by atoms with Crippen molar-refractivity contribution in [3.8, 4) is 17.2 Å². The maximum atomic E-state index is 10.5. The maximum absolute atomic E-state index is 10.5. The van der Waals surface area contributed by atoms with Crippen LogP contribution in [0.4, 0.5) is 0 Å². The van der Waals surface area contributed by atoms with Crippen LogP contribution in [0.1, 0.15) is 31.4 Å². The van der Waals surface area contributed by atoms with E-state index in [4.69, 9.17) is 9.47 Å². The largest absolute Gasteiger partial charge is 0.504 e. The first-order valence-corrected chi connectivity index (χ1v) is 10.9. The lowest BCUT2D eigenvalue weighted by atomic mass is 10.1. The number of hydrogen-bond acceptors (Lipinski definition) is 6. The highest BCUT2D eigenvalue weighted by molar-refractivity contribution is 5.45. The smallest absolute Gasteiger partial charge is 0.162 e. The lowest BCUT2D eigenvalue weighted by molar-refractivity contribution is 0.0490. The summed E-state index contributed by atoms with van der Waals surface area (Å²) in [5.41, 5.74) is 2.05. The molecule has 0 amide bonds. The molecule has 0 saturated carbocycles. The summed E-state index contributed by atoms with van der Waals surface area (Å²) in [4.78, 5) is 4.77. The van der Waals surface area contributed by atoms with Crippen LogP contribution in [-0.2, 0) is 13.1 Å². The van der Waals surface area contributed by atoms with Crippen LogP contribution >= 0.6 is 0 Å². The number of benzene rings is 2. The second-order valence-corrected chi connectivity index (χ2v) is 7.61. The molecule has 1 heterocycles. The van der Waals surface area contributed by atoms with Crippen molar-refractivity contribution in [1.29, 1.82) is 0 Å². The molecule has 6 heteroatoms. The zero-order valence-electron chi connectivity index (χ0n) is 18.1. The van der Waals surface area contributed by atoms with Gasteiger partial charge < -0.3 is 19.7 Å². The normalized spacial score (nSPS) is 17.8. The standard InChI is InChI=1S/C24H34N2O4/c1-3-29-22-10-6-5-8-19(22)17-26-14-13-25(18-21(26)12-15-27)16-20-9-7-11-23(24(20)28)30-4-2/h5-11,21,27-28H,3-4,12-18H2,1-2H3/t21-/m0/s1. The molecule has 0 bridgehead atoms. The van der Waals surface area contributed by atoms with Crippen LogP contribution in [0.2, 0.25) is 0 Å². The van der Waals surface area contributed by atoms with Gasteiger partial charge in [0.1, 0.15) is 5.75 Å². The quantitative estimate of drug-likeness (QED) is 0.622. The molecular weight excluding hydrogens is 380 g/mol. The number of nitrogens with zero attached hydrogens (tertiary/aromatic N) is 2. The Morgan fingerprint density at radius 1 is 0.900 bits per heavy atom. The van der Waals surface area contributed by atoms with E-state index in [0.717, 1.165) is 43.9 Å². The third-order valence-corrected chi connectivity index (χ3v) is 5.57. The summed E-state index contributed by atoms with van der Waals surface area (Å²) < 4.78 is 11.3. The van der Waals surface area contributed by atoms with Gasteiger partial charge in [-0.25, -0.2) is 0 Å². The number of ether oxygens (including phenoxy) is 2. The van der Waals surface area contributed by atoms with Crippen LogP contribution in [0.25, 0.3) is 0 Å². The predicted molar refractivity (Wildman–Crippen MR) is 118 cm³/mol. The van der Waals surface area contributed by atoms with Crippen LogP contribution in [0.5, 0.6) is 17.2 Å². The minimum absolute atomic E-state index is 0.160. The second-order valence-electron chi connectivity index (χ2n) is 7.61. The molecule has 164 valence electrons. The number of phenols is 1. The molecule has 1 saturated heterocycles. The Morgan fingerprint density at radius 3 is 2.37 bits per heavy atom. The van der Waals surface area contributed by atoms with E-state index in [1.54, 1.807) is 6.07 Å². The van der Waals surface area contributed by atoms with E-state index < -0.39 is 0 Å². The van der Waals surface area contributed by atoms with Gasteiger partial charge in [-0.3, -0.25) is 9.80 Å². The first-order chi connectivity index (χ1) is 14.7. The number of piperazine rings is 1. The lowest BCUT2D eigenvalue weighted by Crippen LogP contribution is -2.52. The fourth-order valence-electron chi connectivity index (χ4n) is 4.09. The van der Waals surface area contributed by atoms with Crippen LogP contribution in [0.15, 0.2) is 42.5 Å². The van der Waals surface area contributed by atoms with Crippen LogP contribution in [-0.4, -0.2) is 65.5 Å². The number of hydrogen-bond donors (Lipinski definition) is 2. The van der Waals surface area contributed by atoms with Gasteiger partial charge in [0.2, 0.25) is 0 Å². The molecule has 6 nitrogen and oxygen atoms in total. The minimum Gasteiger partial charge on any atom is -0.504 e. The van der Waals surface area contributed by atoms with Gasteiger partial charge in [0.25, 0.3) is 0 Å². The number of aliphatic hydroxyl groups excluding tert-OH is 1. The lowest BCUT2D eigenvalue weighted by Gasteiger charge is -2.41. The van der Waals surface area contributed by atoms with Crippen molar-refractivity contribution in [2.45, 2.75) is 39.4 Å². The molecule has 1 aliphatic rings. The molecule has 1 atom stereocenters. The van der Waals surface area contributed by atoms with Gasteiger partial charge in [0.05, 0.1) is 13.2 Å². The Kier molecular flexibility index (Phi) is 8.37. The Bertz CT molecular complexity index is 799. The Balaban J connectivity index is 1.68. The highest BCUT2D eigenvalue weighted by Gasteiger charge is 2.28. The van der Waals surface area contributed by atoms with Crippen molar-refractivity contribution in [1.82, 2.24) is 9.80 Å². The third-order valence-electron chi connectivity index (χ3n) is 5.57. The highest BCUT2D eigenvalue weighted by atomic mass is 16.5. The SMILES string of the molecule is CCOc1ccccc1CN1CCN(Cc2cccc(OCC)c2O)C[C@@H]1CCO. The van der Waals surface area contributed by atoms with Crippen LogP contribution < -0.4 is 9.47 Å². The van der Waals surface area contributed by atoms with Crippen molar-refractivity contribution in [2.75, 3.05) is 39.5 Å². The molecular formula is C24H34N2O4. The molecule has 2 aromatic rings. The van der Waals surface area contributed by atoms with E-state index in [1.165, 1.54) is 5.56 Å². The minimum atomic E-state index is 0.160. The number of rotatable bonds is 10. The highest BCUT2D eigenvalue weighted by Crippen LogP contribution is 2.31. The summed E-state index contributed by atoms with van der Waals surface area (Å²) in [6.45, 7) is 9.36. The second kappa shape index (κ2) is 11.2. The molecule has 0 spiro atoms. The van der Waals surface area contributed by atoms with Gasteiger partial charge in [-0.05, 0) is 32.4 Å². The van der Waals surface area contributed by atoms with Crippen molar-refractivity contribution in [3.63, 3.8) is 0 Å². The predicted octanol–water partition coefficient (Wildman–Crippen LogP) is 3.26. The van der Waals surface area contributed by atoms with Gasteiger partial charge in [0, 0.05) is 56.5 Å². The van der Waals surface area contributed by atoms with Gasteiger partial charge in [-0.15, -0.1) is 0 Å². The fraction of sp³-hybridized carbons (Fsp3) is 0.500. The number of para-hydroxylation sites is 2. The molecule has 0 aromatic heterocycles. The molecule has 0 unspecified atom stereocenters. The summed E-state index contributed by atoms with van der Waals surface area (Å²) in [6, 6.07) is 14.1. The first-order valence-electron chi connectivity index (χ1n) is 10.9. The van der Waals surface area contributed by atoms with Gasteiger partial charge in [-0.1, -0.05) is 30.3 Å². The molecule has 0 radical (unpaired) electrons. The summed E-state index contributed by atoms with van der Waals surface area (Å²) >= 11 is 0. The summed E-state index contributed by atoms with van der Waals surface area (Å²) in [5.74, 6) is 1.70. The summed E-state index contributed by atoms with van der Waals surface area (Å²) in [6.07, 6.45) is 0.721. The maximum Gasteiger partial charge on any atom is 0.162 e. The zero-order chi connectivity index (χ0) is 21.3. The zero-order valence-corrected chi connectivity index (χ0v) is 18.1. The Labute approximate surface area is 179 Å². The van der Waals surface area contributed by atoms with E-state index in [2.05, 4.69) is 15.9 Å². The molecule has 3 rings (SSSR count). The number of phenolic OH excluding ortho intramolecular Hbond substituents is 1. The first kappa shape index (κ1) is 22.4. The summed E-state index contributed by atoms with van der Waals surface area (Å²) in [7, 11) is 0. The van der Waals surface area contributed by atoms with E-state index in [0.29, 0.717) is 25.5 Å². The van der Waals surface area contributed by atoms with Crippen molar-refractivity contribution >= 4 is 0 Å². The topological polar surface area (TPSA) is 65.4 Å². The average Bonchev–Trinajstić information content (AvgIpc) is 2.75. The van der Waals surface area contributed by atoms with E-state index in [-0.39, 0.29) is 18.4 Å². The van der Waals surface area contributed by atoms with Crippen molar-refractivity contribution < 1.29 is 19.7 Å². The van der Waals surface area contributed by atoms with Crippen LogP contribution in [0, 0.1) is 0 Å². The summed E-state index contributed by atoms with van der Waals surface area (Å²) in [5, 5.41) is 20.2. The van der Waals surface area contributed by atoms with E-state index in [9.17, 15) is 10.2 Å². The molecule has 2 N–H and O–H groups in total. The van der Waals surface area contributed by atoms with Gasteiger partial charge in [0.15, 0.2) is 11.5 Å². The van der Waals surface area contributed by atoms with Crippen LogP contribution in [0.3, 0.4) is 0 Å². The fourth-order valence-corrected chi connectivity index (χ4v) is 4.09. The molecule has 2 aromatic carbocycles. The van der Waals surface area contributed by atoms with Crippen molar-refractivity contribution in [3.05, 3.63) is 53.6 Å². The third kappa shape index (κ3) is 5.65. The Morgan fingerprint density at radius 2 is 1.60 bits per heavy atom. The van der Waals surface area contributed by atoms with E-state index >= 15 is 0 Å². The average molecular weight is 415 g/mol. The molecule has 0 aliphatic carbocycles. The van der Waals surface area contributed by atoms with E-state index in [1.807, 2.05) is 44.2 Å². The van der Waals surface area contributed by atoms with Gasteiger partial charge >= 0.3 is 0 Å². The molecule has 30 heavy (non-hydrogen) atoms.